The van der Waals surface area contributed by atoms with Gasteiger partial charge in [-0.25, -0.2) is 9.59 Å². The summed E-state index contributed by atoms with van der Waals surface area (Å²) in [7, 11) is 1.51. The fourth-order valence-corrected chi connectivity index (χ4v) is 2.74. The third kappa shape index (κ3) is 3.72. The summed E-state index contributed by atoms with van der Waals surface area (Å²) < 4.78 is 10.5. The molecule has 1 aliphatic heterocycles. The molecule has 1 saturated heterocycles. The van der Waals surface area contributed by atoms with Gasteiger partial charge in [0.25, 0.3) is 5.89 Å². The zero-order valence-electron chi connectivity index (χ0n) is 14.3. The molecule has 10 heteroatoms. The molecule has 138 valence electrons. The maximum Gasteiger partial charge on any atom is 0.414 e. The number of aryl methyl sites for hydroxylation is 1. The van der Waals surface area contributed by atoms with Crippen LogP contribution >= 0.6 is 11.6 Å². The summed E-state index contributed by atoms with van der Waals surface area (Å²) in [6, 6.07) is 4.75. The van der Waals surface area contributed by atoms with Crippen molar-refractivity contribution in [1.29, 1.82) is 0 Å². The SMILES string of the molecule is CCc1noc(-c2ccc(N3CC(CNC(=O)NC)OC3=O)cc2Cl)n1. The molecule has 0 aliphatic carbocycles. The second kappa shape index (κ2) is 7.61. The van der Waals surface area contributed by atoms with Crippen LogP contribution < -0.4 is 15.5 Å². The number of aromatic nitrogens is 2. The number of amides is 3. The number of hydrogen-bond acceptors (Lipinski definition) is 6. The smallest absolute Gasteiger partial charge is 0.414 e. The standard InChI is InChI=1S/C16H18ClN5O4/c1-3-13-20-14(26-21-13)11-5-4-9(6-12(11)17)22-8-10(25-16(22)24)7-19-15(23)18-2/h4-6,10H,3,7-8H2,1-2H3,(H2,18,19,23). The Bertz CT molecular complexity index is 825. The van der Waals surface area contributed by atoms with Crippen LogP contribution in [0.5, 0.6) is 0 Å². The van der Waals surface area contributed by atoms with Crippen LogP contribution in [0, 0.1) is 0 Å². The van der Waals surface area contributed by atoms with Crippen molar-refractivity contribution in [2.75, 3.05) is 25.0 Å². The fourth-order valence-electron chi connectivity index (χ4n) is 2.49. The summed E-state index contributed by atoms with van der Waals surface area (Å²) in [4.78, 5) is 29.0. The number of benzene rings is 1. The molecule has 26 heavy (non-hydrogen) atoms. The van der Waals surface area contributed by atoms with Crippen molar-refractivity contribution in [2.24, 2.45) is 0 Å². The van der Waals surface area contributed by atoms with Gasteiger partial charge in [-0.15, -0.1) is 0 Å². The summed E-state index contributed by atoms with van der Waals surface area (Å²) in [5.74, 6) is 0.921. The normalized spacial score (nSPS) is 16.5. The van der Waals surface area contributed by atoms with Crippen molar-refractivity contribution in [2.45, 2.75) is 19.4 Å². The van der Waals surface area contributed by atoms with E-state index in [9.17, 15) is 9.59 Å². The summed E-state index contributed by atoms with van der Waals surface area (Å²) in [5.41, 5.74) is 1.18. The van der Waals surface area contributed by atoms with Gasteiger partial charge in [-0.2, -0.15) is 4.98 Å². The Labute approximate surface area is 154 Å². The number of urea groups is 1. The lowest BCUT2D eigenvalue weighted by molar-refractivity contribution is 0.140. The maximum atomic E-state index is 12.1. The van der Waals surface area contributed by atoms with E-state index in [1.54, 1.807) is 18.2 Å². The Morgan fingerprint density at radius 3 is 2.92 bits per heavy atom. The lowest BCUT2D eigenvalue weighted by atomic mass is 10.2. The highest BCUT2D eigenvalue weighted by Gasteiger charge is 2.32. The highest BCUT2D eigenvalue weighted by molar-refractivity contribution is 6.33. The van der Waals surface area contributed by atoms with Crippen LogP contribution in [-0.4, -0.2) is 48.5 Å². The first-order valence-corrected chi connectivity index (χ1v) is 8.45. The molecule has 1 atom stereocenters. The molecule has 0 saturated carbocycles. The molecule has 1 aliphatic rings. The molecule has 1 aromatic carbocycles. The van der Waals surface area contributed by atoms with Gasteiger partial charge in [-0.1, -0.05) is 23.7 Å². The van der Waals surface area contributed by atoms with E-state index < -0.39 is 12.2 Å². The fraction of sp³-hybridized carbons (Fsp3) is 0.375. The quantitative estimate of drug-likeness (QED) is 0.824. The van der Waals surface area contributed by atoms with Gasteiger partial charge in [0.15, 0.2) is 5.82 Å². The summed E-state index contributed by atoms with van der Waals surface area (Å²) in [5, 5.41) is 9.28. The van der Waals surface area contributed by atoms with Gasteiger partial charge < -0.3 is 19.9 Å². The number of carbonyl (C=O) groups excluding carboxylic acids is 2. The van der Waals surface area contributed by atoms with Crippen molar-refractivity contribution < 1.29 is 18.8 Å². The van der Waals surface area contributed by atoms with E-state index in [0.29, 0.717) is 41.0 Å². The van der Waals surface area contributed by atoms with E-state index in [4.69, 9.17) is 20.9 Å². The second-order valence-corrected chi connectivity index (χ2v) is 6.02. The molecule has 3 rings (SSSR count). The minimum absolute atomic E-state index is 0.218. The maximum absolute atomic E-state index is 12.1. The second-order valence-electron chi connectivity index (χ2n) is 5.61. The Morgan fingerprint density at radius 1 is 1.46 bits per heavy atom. The van der Waals surface area contributed by atoms with Crippen molar-refractivity contribution >= 4 is 29.4 Å². The number of nitrogens with zero attached hydrogens (tertiary/aromatic N) is 3. The first kappa shape index (κ1) is 18.0. The highest BCUT2D eigenvalue weighted by Crippen LogP contribution is 2.32. The van der Waals surface area contributed by atoms with Crippen LogP contribution in [0.4, 0.5) is 15.3 Å². The number of cyclic esters (lactones) is 1. The number of hydrogen-bond donors (Lipinski definition) is 2. The molecule has 0 spiro atoms. The highest BCUT2D eigenvalue weighted by atomic mass is 35.5. The van der Waals surface area contributed by atoms with E-state index >= 15 is 0 Å². The van der Waals surface area contributed by atoms with Crippen LogP contribution in [0.1, 0.15) is 12.7 Å². The van der Waals surface area contributed by atoms with Crippen molar-refractivity contribution in [3.63, 3.8) is 0 Å². The molecule has 2 heterocycles. The third-order valence-electron chi connectivity index (χ3n) is 3.87. The Balaban J connectivity index is 1.72. The average Bonchev–Trinajstić information content (AvgIpc) is 3.26. The lowest BCUT2D eigenvalue weighted by Crippen LogP contribution is -2.39. The van der Waals surface area contributed by atoms with Gasteiger partial charge in [0, 0.05) is 19.2 Å². The number of ether oxygens (including phenoxy) is 1. The predicted molar refractivity (Wildman–Crippen MR) is 94.2 cm³/mol. The van der Waals surface area contributed by atoms with E-state index in [1.165, 1.54) is 11.9 Å². The van der Waals surface area contributed by atoms with E-state index in [0.717, 1.165) is 0 Å². The molecule has 2 aromatic rings. The summed E-state index contributed by atoms with van der Waals surface area (Å²) in [6.45, 7) is 2.45. The topological polar surface area (TPSA) is 110 Å². The van der Waals surface area contributed by atoms with Gasteiger partial charge in [-0.05, 0) is 18.2 Å². The molecule has 3 amide bonds. The Hall–Kier alpha value is -2.81. The van der Waals surface area contributed by atoms with Gasteiger partial charge >= 0.3 is 12.1 Å². The van der Waals surface area contributed by atoms with Crippen molar-refractivity contribution in [1.82, 2.24) is 20.8 Å². The molecule has 1 fully saturated rings. The summed E-state index contributed by atoms with van der Waals surface area (Å²) in [6.07, 6.45) is -0.283. The van der Waals surface area contributed by atoms with Crippen LogP contribution in [0.25, 0.3) is 11.5 Å². The van der Waals surface area contributed by atoms with Crippen LogP contribution in [0.2, 0.25) is 5.02 Å². The van der Waals surface area contributed by atoms with Crippen molar-refractivity contribution in [3.8, 4) is 11.5 Å². The predicted octanol–water partition coefficient (Wildman–Crippen LogP) is 2.21. The largest absolute Gasteiger partial charge is 0.442 e. The zero-order valence-corrected chi connectivity index (χ0v) is 15.0. The van der Waals surface area contributed by atoms with E-state index in [2.05, 4.69) is 20.8 Å². The first-order valence-electron chi connectivity index (χ1n) is 8.08. The molecule has 0 radical (unpaired) electrons. The number of halogens is 1. The number of rotatable bonds is 5. The minimum Gasteiger partial charge on any atom is -0.442 e. The molecular weight excluding hydrogens is 362 g/mol. The van der Waals surface area contributed by atoms with Gasteiger partial charge in [-0.3, -0.25) is 4.90 Å². The van der Waals surface area contributed by atoms with Gasteiger partial charge in [0.05, 0.1) is 23.7 Å². The molecule has 1 unspecified atom stereocenters. The Kier molecular flexibility index (Phi) is 5.27. The molecule has 9 nitrogen and oxygen atoms in total. The molecular formula is C16H18ClN5O4. The van der Waals surface area contributed by atoms with Gasteiger partial charge in [0.2, 0.25) is 0 Å². The van der Waals surface area contributed by atoms with Crippen LogP contribution in [0.3, 0.4) is 0 Å². The van der Waals surface area contributed by atoms with E-state index in [-0.39, 0.29) is 12.6 Å². The minimum atomic E-state index is -0.497. The zero-order chi connectivity index (χ0) is 18.7. The van der Waals surface area contributed by atoms with E-state index in [1.807, 2.05) is 6.92 Å². The third-order valence-corrected chi connectivity index (χ3v) is 4.18. The van der Waals surface area contributed by atoms with Crippen molar-refractivity contribution in [3.05, 3.63) is 29.0 Å². The van der Waals surface area contributed by atoms with Crippen LogP contribution in [-0.2, 0) is 11.2 Å². The molecule has 0 bridgehead atoms. The first-order chi connectivity index (χ1) is 12.5. The van der Waals surface area contributed by atoms with Gasteiger partial charge in [0.1, 0.15) is 6.10 Å². The number of anilines is 1. The van der Waals surface area contributed by atoms with Crippen LogP contribution in [0.15, 0.2) is 22.7 Å². The average molecular weight is 380 g/mol. The number of nitrogens with one attached hydrogen (secondary N) is 2. The summed E-state index contributed by atoms with van der Waals surface area (Å²) >= 11 is 6.33. The Morgan fingerprint density at radius 2 is 2.27 bits per heavy atom. The number of carbonyl (C=O) groups is 2. The molecule has 1 aromatic heterocycles. The molecule has 2 N–H and O–H groups in total. The monoisotopic (exact) mass is 379 g/mol. The lowest BCUT2D eigenvalue weighted by Gasteiger charge is -2.14.